The molecule has 1 aromatic heterocycles. The Labute approximate surface area is 110 Å². The van der Waals surface area contributed by atoms with E-state index in [1.54, 1.807) is 11.7 Å². The van der Waals surface area contributed by atoms with Crippen molar-refractivity contribution in [1.82, 2.24) is 9.78 Å². The minimum atomic E-state index is -1.09. The summed E-state index contributed by atoms with van der Waals surface area (Å²) in [6.07, 6.45) is 0.672. The van der Waals surface area contributed by atoms with Gasteiger partial charge in [-0.15, -0.1) is 0 Å². The molecule has 5 nitrogen and oxygen atoms in total. The number of esters is 1. The Balaban J connectivity index is 2.42. The predicted octanol–water partition coefficient (Wildman–Crippen LogP) is 1.45. The number of hydrogen-bond donors (Lipinski definition) is 0. The second kappa shape index (κ2) is 4.39. The molecule has 1 aromatic rings. The Bertz CT molecular complexity index is 524. The maximum Gasteiger partial charge on any atom is 0.320 e. The molecule has 0 aromatic carbocycles. The van der Waals surface area contributed by atoms with Crippen molar-refractivity contribution in [2.75, 3.05) is 6.61 Å². The van der Waals surface area contributed by atoms with E-state index in [-0.39, 0.29) is 18.8 Å². The molecule has 0 spiro atoms. The van der Waals surface area contributed by atoms with E-state index in [0.29, 0.717) is 11.6 Å². The molecule has 2 rings (SSSR count). The van der Waals surface area contributed by atoms with Crippen molar-refractivity contribution in [3.8, 4) is 0 Å². The molecular formula is C12H15ClN2O3. The fourth-order valence-corrected chi connectivity index (χ4v) is 2.58. The number of Topliss-reactive ketones (excluding diaryl/α,β-unsaturated/α-hetero) is 1. The van der Waals surface area contributed by atoms with Gasteiger partial charge in [0.25, 0.3) is 0 Å². The van der Waals surface area contributed by atoms with Crippen LogP contribution in [0.25, 0.3) is 0 Å². The van der Waals surface area contributed by atoms with Gasteiger partial charge in [0.1, 0.15) is 16.4 Å². The molecule has 0 N–H and O–H groups in total. The van der Waals surface area contributed by atoms with Crippen LogP contribution in [-0.2, 0) is 27.8 Å². The molecule has 1 aliphatic rings. The molecule has 98 valence electrons. The number of cyclic esters (lactones) is 1. The summed E-state index contributed by atoms with van der Waals surface area (Å²) < 4.78 is 6.50. The average molecular weight is 271 g/mol. The quantitative estimate of drug-likeness (QED) is 0.616. The number of carbonyl (C=O) groups excluding carboxylic acids is 2. The molecule has 1 unspecified atom stereocenters. The van der Waals surface area contributed by atoms with Gasteiger partial charge in [-0.05, 0) is 13.8 Å². The van der Waals surface area contributed by atoms with Crippen molar-refractivity contribution in [2.24, 2.45) is 12.5 Å². The topological polar surface area (TPSA) is 61.2 Å². The number of halogens is 1. The minimum absolute atomic E-state index is 0.177. The Morgan fingerprint density at radius 1 is 1.61 bits per heavy atom. The molecule has 1 atom stereocenters. The first kappa shape index (κ1) is 13.1. The van der Waals surface area contributed by atoms with Gasteiger partial charge in [0, 0.05) is 25.5 Å². The van der Waals surface area contributed by atoms with Crippen molar-refractivity contribution in [3.63, 3.8) is 0 Å². The van der Waals surface area contributed by atoms with Gasteiger partial charge in [-0.25, -0.2) is 0 Å². The number of ketones is 1. The number of nitrogens with zero attached hydrogens (tertiary/aromatic N) is 2. The highest BCUT2D eigenvalue weighted by molar-refractivity contribution is 6.30. The monoisotopic (exact) mass is 270 g/mol. The molecule has 0 aliphatic carbocycles. The van der Waals surface area contributed by atoms with Crippen LogP contribution in [0.4, 0.5) is 0 Å². The first-order chi connectivity index (χ1) is 8.38. The zero-order valence-electron chi connectivity index (χ0n) is 10.6. The van der Waals surface area contributed by atoms with Gasteiger partial charge in [-0.3, -0.25) is 14.3 Å². The smallest absolute Gasteiger partial charge is 0.320 e. The Morgan fingerprint density at radius 2 is 2.28 bits per heavy atom. The maximum absolute atomic E-state index is 11.9. The lowest BCUT2D eigenvalue weighted by Crippen LogP contribution is -2.36. The van der Waals surface area contributed by atoms with Crippen LogP contribution in [0, 0.1) is 12.3 Å². The number of ether oxygens (including phenoxy) is 1. The molecular weight excluding hydrogens is 256 g/mol. The molecule has 2 heterocycles. The van der Waals surface area contributed by atoms with Crippen LogP contribution in [0.1, 0.15) is 24.6 Å². The van der Waals surface area contributed by atoms with Crippen molar-refractivity contribution in [3.05, 3.63) is 16.4 Å². The zero-order valence-corrected chi connectivity index (χ0v) is 11.4. The summed E-state index contributed by atoms with van der Waals surface area (Å²) in [5, 5.41) is 4.66. The molecule has 1 saturated heterocycles. The summed E-state index contributed by atoms with van der Waals surface area (Å²) in [6.45, 7) is 3.52. The van der Waals surface area contributed by atoms with Gasteiger partial charge in [0.05, 0.1) is 12.3 Å². The molecule has 0 saturated carbocycles. The van der Waals surface area contributed by atoms with Crippen LogP contribution in [-0.4, -0.2) is 28.1 Å². The summed E-state index contributed by atoms with van der Waals surface area (Å²) >= 11 is 6.14. The number of hydrogen-bond acceptors (Lipinski definition) is 4. The average Bonchev–Trinajstić information content (AvgIpc) is 2.76. The Hall–Kier alpha value is -1.36. The SMILES string of the molecule is CC(=O)C1(Cc2c(C)nn(C)c2Cl)CCOC1=O. The highest BCUT2D eigenvalue weighted by Gasteiger charge is 2.49. The van der Waals surface area contributed by atoms with E-state index in [1.165, 1.54) is 6.92 Å². The van der Waals surface area contributed by atoms with E-state index in [0.717, 1.165) is 11.3 Å². The first-order valence-corrected chi connectivity index (χ1v) is 6.12. The van der Waals surface area contributed by atoms with Crippen molar-refractivity contribution in [1.29, 1.82) is 0 Å². The van der Waals surface area contributed by atoms with Crippen molar-refractivity contribution >= 4 is 23.4 Å². The molecule has 0 amide bonds. The predicted molar refractivity (Wildman–Crippen MR) is 65.3 cm³/mol. The standard InChI is InChI=1S/C12H15ClN2O3/c1-7-9(10(13)15(3)14-7)6-12(8(2)16)4-5-18-11(12)17/h4-6H2,1-3H3. The van der Waals surface area contributed by atoms with Crippen LogP contribution in [0.15, 0.2) is 0 Å². The highest BCUT2D eigenvalue weighted by atomic mass is 35.5. The van der Waals surface area contributed by atoms with Gasteiger partial charge in [-0.1, -0.05) is 11.6 Å². The van der Waals surface area contributed by atoms with Gasteiger partial charge in [-0.2, -0.15) is 5.10 Å². The molecule has 18 heavy (non-hydrogen) atoms. The van der Waals surface area contributed by atoms with E-state index in [9.17, 15) is 9.59 Å². The van der Waals surface area contributed by atoms with Crippen molar-refractivity contribution in [2.45, 2.75) is 26.7 Å². The third kappa shape index (κ3) is 1.82. The van der Waals surface area contributed by atoms with Crippen LogP contribution in [0.5, 0.6) is 0 Å². The molecule has 0 radical (unpaired) electrons. The van der Waals surface area contributed by atoms with E-state index in [2.05, 4.69) is 5.10 Å². The maximum atomic E-state index is 11.9. The summed E-state index contributed by atoms with van der Waals surface area (Å²) in [6, 6.07) is 0. The number of aryl methyl sites for hydroxylation is 2. The van der Waals surface area contributed by atoms with Crippen LogP contribution >= 0.6 is 11.6 Å². The second-order valence-electron chi connectivity index (χ2n) is 4.68. The van der Waals surface area contributed by atoms with Crippen LogP contribution in [0.3, 0.4) is 0 Å². The van der Waals surface area contributed by atoms with Crippen LogP contribution < -0.4 is 0 Å². The summed E-state index contributed by atoms with van der Waals surface area (Å²) in [4.78, 5) is 23.7. The summed E-state index contributed by atoms with van der Waals surface area (Å²) in [5.74, 6) is -0.626. The fraction of sp³-hybridized carbons (Fsp3) is 0.583. The van der Waals surface area contributed by atoms with Gasteiger partial charge in [0.15, 0.2) is 0 Å². The number of carbonyl (C=O) groups is 2. The van der Waals surface area contributed by atoms with Crippen molar-refractivity contribution < 1.29 is 14.3 Å². The summed E-state index contributed by atoms with van der Waals surface area (Å²) in [7, 11) is 1.73. The van der Waals surface area contributed by atoms with Gasteiger partial charge in [0.2, 0.25) is 0 Å². The van der Waals surface area contributed by atoms with E-state index in [1.807, 2.05) is 6.92 Å². The third-order valence-corrected chi connectivity index (χ3v) is 4.05. The van der Waals surface area contributed by atoms with E-state index in [4.69, 9.17) is 16.3 Å². The minimum Gasteiger partial charge on any atom is -0.465 e. The third-order valence-electron chi connectivity index (χ3n) is 3.58. The normalized spacial score (nSPS) is 23.2. The van der Waals surface area contributed by atoms with Gasteiger partial charge >= 0.3 is 5.97 Å². The second-order valence-corrected chi connectivity index (χ2v) is 5.04. The number of rotatable bonds is 3. The Morgan fingerprint density at radius 3 is 2.67 bits per heavy atom. The lowest BCUT2D eigenvalue weighted by atomic mass is 9.77. The fourth-order valence-electron chi connectivity index (χ4n) is 2.34. The largest absolute Gasteiger partial charge is 0.465 e. The summed E-state index contributed by atoms with van der Waals surface area (Å²) in [5.41, 5.74) is 0.397. The van der Waals surface area contributed by atoms with E-state index < -0.39 is 11.4 Å². The van der Waals surface area contributed by atoms with Crippen LogP contribution in [0.2, 0.25) is 5.15 Å². The molecule has 1 fully saturated rings. The molecule has 0 bridgehead atoms. The molecule has 1 aliphatic heterocycles. The van der Waals surface area contributed by atoms with Gasteiger partial charge < -0.3 is 4.74 Å². The lowest BCUT2D eigenvalue weighted by Gasteiger charge is -2.21. The highest BCUT2D eigenvalue weighted by Crippen LogP contribution is 2.37. The lowest BCUT2D eigenvalue weighted by molar-refractivity contribution is -0.150. The Kier molecular flexibility index (Phi) is 3.19. The first-order valence-electron chi connectivity index (χ1n) is 5.75. The number of aromatic nitrogens is 2. The van der Waals surface area contributed by atoms with E-state index >= 15 is 0 Å². The zero-order chi connectivity index (χ0) is 13.5. The molecule has 6 heteroatoms.